The van der Waals surface area contributed by atoms with Crippen LogP contribution in [0.15, 0.2) is 42.5 Å². The normalized spacial score (nSPS) is 14.6. The highest BCUT2D eigenvalue weighted by Gasteiger charge is 2.23. The molecule has 0 saturated carbocycles. The van der Waals surface area contributed by atoms with Gasteiger partial charge >= 0.3 is 0 Å². The SMILES string of the molecule is C[C@@H](c1nc2ccccc2s1)N(C)C(=O)c1ccc2c(c1)CCC2. The molecule has 1 aromatic heterocycles. The van der Waals surface area contributed by atoms with Crippen molar-refractivity contribution in [1.82, 2.24) is 9.88 Å². The largest absolute Gasteiger partial charge is 0.333 e. The summed E-state index contributed by atoms with van der Waals surface area (Å²) in [5.41, 5.74) is 4.52. The van der Waals surface area contributed by atoms with Crippen LogP contribution in [0.1, 0.15) is 45.9 Å². The average Bonchev–Trinajstić information content (AvgIpc) is 3.25. The van der Waals surface area contributed by atoms with Crippen LogP contribution in [-0.4, -0.2) is 22.8 Å². The molecule has 4 heteroatoms. The zero-order valence-corrected chi connectivity index (χ0v) is 14.8. The lowest BCUT2D eigenvalue weighted by atomic mass is 10.1. The van der Waals surface area contributed by atoms with Crippen LogP contribution in [0.2, 0.25) is 0 Å². The Hall–Kier alpha value is -2.20. The van der Waals surface area contributed by atoms with Crippen molar-refractivity contribution in [3.63, 3.8) is 0 Å². The molecule has 1 aliphatic rings. The van der Waals surface area contributed by atoms with E-state index in [0.29, 0.717) is 0 Å². The van der Waals surface area contributed by atoms with Gasteiger partial charge in [0.2, 0.25) is 0 Å². The van der Waals surface area contributed by atoms with Gasteiger partial charge in [-0.2, -0.15) is 0 Å². The Kier molecular flexibility index (Phi) is 3.85. The maximum atomic E-state index is 12.9. The third kappa shape index (κ3) is 2.61. The molecule has 0 unspecified atom stereocenters. The van der Waals surface area contributed by atoms with Crippen LogP contribution >= 0.6 is 11.3 Å². The topological polar surface area (TPSA) is 33.2 Å². The number of thiazole rings is 1. The van der Waals surface area contributed by atoms with Crippen LogP contribution in [0.25, 0.3) is 10.2 Å². The molecule has 1 amide bonds. The molecule has 2 aromatic carbocycles. The van der Waals surface area contributed by atoms with E-state index in [4.69, 9.17) is 4.98 Å². The van der Waals surface area contributed by atoms with Crippen LogP contribution in [-0.2, 0) is 12.8 Å². The third-order valence-electron chi connectivity index (χ3n) is 4.91. The van der Waals surface area contributed by atoms with E-state index in [-0.39, 0.29) is 11.9 Å². The zero-order valence-electron chi connectivity index (χ0n) is 14.0. The minimum Gasteiger partial charge on any atom is -0.333 e. The van der Waals surface area contributed by atoms with Crippen LogP contribution in [0.5, 0.6) is 0 Å². The van der Waals surface area contributed by atoms with Gasteiger partial charge in [-0.3, -0.25) is 4.79 Å². The maximum absolute atomic E-state index is 12.9. The quantitative estimate of drug-likeness (QED) is 0.699. The summed E-state index contributed by atoms with van der Waals surface area (Å²) in [7, 11) is 1.87. The minimum absolute atomic E-state index is 0.0387. The molecule has 1 aliphatic carbocycles. The van der Waals surface area contributed by atoms with Crippen molar-refractivity contribution in [1.29, 1.82) is 0 Å². The number of hydrogen-bond acceptors (Lipinski definition) is 3. The van der Waals surface area contributed by atoms with Crippen molar-refractivity contribution in [3.05, 3.63) is 64.2 Å². The molecular formula is C20H20N2OS. The first-order valence-corrected chi connectivity index (χ1v) is 9.19. The lowest BCUT2D eigenvalue weighted by Crippen LogP contribution is -2.29. The van der Waals surface area contributed by atoms with Gasteiger partial charge in [-0.05, 0) is 61.6 Å². The Labute approximate surface area is 146 Å². The number of aryl methyl sites for hydroxylation is 2. The van der Waals surface area contributed by atoms with Gasteiger partial charge in [0, 0.05) is 12.6 Å². The molecule has 1 heterocycles. The highest BCUT2D eigenvalue weighted by molar-refractivity contribution is 7.18. The van der Waals surface area contributed by atoms with Crippen molar-refractivity contribution in [2.45, 2.75) is 32.2 Å². The highest BCUT2D eigenvalue weighted by atomic mass is 32.1. The van der Waals surface area contributed by atoms with E-state index in [1.807, 2.05) is 38.2 Å². The molecule has 0 N–H and O–H groups in total. The van der Waals surface area contributed by atoms with E-state index in [9.17, 15) is 4.79 Å². The van der Waals surface area contributed by atoms with E-state index in [0.717, 1.165) is 33.6 Å². The Morgan fingerprint density at radius 1 is 1.17 bits per heavy atom. The molecule has 3 nitrogen and oxygen atoms in total. The molecule has 0 fully saturated rings. The van der Waals surface area contributed by atoms with Crippen LogP contribution < -0.4 is 0 Å². The van der Waals surface area contributed by atoms with Crippen molar-refractivity contribution in [2.75, 3.05) is 7.05 Å². The molecular weight excluding hydrogens is 316 g/mol. The van der Waals surface area contributed by atoms with Crippen molar-refractivity contribution < 1.29 is 4.79 Å². The fourth-order valence-corrected chi connectivity index (χ4v) is 4.38. The summed E-state index contributed by atoms with van der Waals surface area (Å²) in [5, 5.41) is 0.980. The molecule has 122 valence electrons. The minimum atomic E-state index is -0.0387. The Morgan fingerprint density at radius 2 is 1.96 bits per heavy atom. The third-order valence-corrected chi connectivity index (χ3v) is 6.12. The molecule has 0 spiro atoms. The number of carbonyl (C=O) groups excluding carboxylic acids is 1. The summed E-state index contributed by atoms with van der Waals surface area (Å²) in [6.45, 7) is 2.04. The summed E-state index contributed by atoms with van der Waals surface area (Å²) >= 11 is 1.66. The monoisotopic (exact) mass is 336 g/mol. The van der Waals surface area contributed by atoms with Gasteiger partial charge in [-0.15, -0.1) is 11.3 Å². The second-order valence-corrected chi connectivity index (χ2v) is 7.51. The maximum Gasteiger partial charge on any atom is 0.254 e. The van der Waals surface area contributed by atoms with E-state index in [1.165, 1.54) is 17.5 Å². The standard InChI is InChI=1S/C20H20N2OS/c1-13(19-21-17-8-3-4-9-18(17)24-19)22(2)20(23)16-11-10-14-6-5-7-15(14)12-16/h3-4,8-13H,5-7H2,1-2H3/t13-/m0/s1. The summed E-state index contributed by atoms with van der Waals surface area (Å²) < 4.78 is 1.16. The van der Waals surface area contributed by atoms with E-state index >= 15 is 0 Å². The summed E-state index contributed by atoms with van der Waals surface area (Å²) in [4.78, 5) is 19.4. The van der Waals surface area contributed by atoms with Gasteiger partial charge in [0.1, 0.15) is 5.01 Å². The van der Waals surface area contributed by atoms with Crippen molar-refractivity contribution in [3.8, 4) is 0 Å². The zero-order chi connectivity index (χ0) is 16.7. The van der Waals surface area contributed by atoms with Crippen molar-refractivity contribution in [2.24, 2.45) is 0 Å². The average molecular weight is 336 g/mol. The smallest absolute Gasteiger partial charge is 0.254 e. The number of para-hydroxylation sites is 1. The summed E-state index contributed by atoms with van der Waals surface area (Å²) in [5.74, 6) is 0.0662. The number of amides is 1. The number of hydrogen-bond donors (Lipinski definition) is 0. The van der Waals surface area contributed by atoms with Gasteiger partial charge in [-0.1, -0.05) is 18.2 Å². The predicted molar refractivity (Wildman–Crippen MR) is 98.6 cm³/mol. The van der Waals surface area contributed by atoms with Gasteiger partial charge in [0.25, 0.3) is 5.91 Å². The van der Waals surface area contributed by atoms with E-state index in [2.05, 4.69) is 18.2 Å². The lowest BCUT2D eigenvalue weighted by molar-refractivity contribution is 0.0742. The number of nitrogens with zero attached hydrogens (tertiary/aromatic N) is 2. The summed E-state index contributed by atoms with van der Waals surface area (Å²) in [6.07, 6.45) is 3.43. The summed E-state index contributed by atoms with van der Waals surface area (Å²) in [6, 6.07) is 14.2. The fourth-order valence-electron chi connectivity index (χ4n) is 3.32. The van der Waals surface area contributed by atoms with Crippen molar-refractivity contribution >= 4 is 27.5 Å². The lowest BCUT2D eigenvalue weighted by Gasteiger charge is -2.23. The van der Waals surface area contributed by atoms with Gasteiger partial charge in [0.05, 0.1) is 16.3 Å². The first-order valence-electron chi connectivity index (χ1n) is 8.38. The van der Waals surface area contributed by atoms with Gasteiger partial charge in [-0.25, -0.2) is 4.98 Å². The first kappa shape index (κ1) is 15.3. The second kappa shape index (κ2) is 6.02. The van der Waals surface area contributed by atoms with Gasteiger partial charge in [0.15, 0.2) is 0 Å². The van der Waals surface area contributed by atoms with Crippen LogP contribution in [0.4, 0.5) is 0 Å². The first-order chi connectivity index (χ1) is 11.6. The van der Waals surface area contributed by atoms with Crippen LogP contribution in [0, 0.1) is 0 Å². The molecule has 0 aliphatic heterocycles. The number of aromatic nitrogens is 1. The highest BCUT2D eigenvalue weighted by Crippen LogP contribution is 2.30. The Morgan fingerprint density at radius 3 is 2.79 bits per heavy atom. The van der Waals surface area contributed by atoms with Crippen LogP contribution in [0.3, 0.4) is 0 Å². The Balaban J connectivity index is 1.59. The Bertz CT molecular complexity index is 882. The molecule has 4 rings (SSSR count). The molecule has 3 aromatic rings. The molecule has 1 atom stereocenters. The van der Waals surface area contributed by atoms with E-state index < -0.39 is 0 Å². The second-order valence-electron chi connectivity index (χ2n) is 6.45. The number of fused-ring (bicyclic) bond motifs is 2. The molecule has 0 radical (unpaired) electrons. The molecule has 0 saturated heterocycles. The fraction of sp³-hybridized carbons (Fsp3) is 0.300. The number of rotatable bonds is 3. The predicted octanol–water partition coefficient (Wildman–Crippen LogP) is 4.62. The molecule has 0 bridgehead atoms. The van der Waals surface area contributed by atoms with E-state index in [1.54, 1.807) is 16.2 Å². The van der Waals surface area contributed by atoms with Gasteiger partial charge < -0.3 is 4.90 Å². The molecule has 24 heavy (non-hydrogen) atoms. The number of carbonyl (C=O) groups is 1. The number of benzene rings is 2.